The normalized spacial score (nSPS) is 18.4. The molecule has 0 unspecified atom stereocenters. The topological polar surface area (TPSA) is 41.1 Å². The van der Waals surface area contributed by atoms with Crippen LogP contribution in [0.2, 0.25) is 0 Å². The molecule has 98 valence electrons. The molecule has 18 heavy (non-hydrogen) atoms. The van der Waals surface area contributed by atoms with E-state index in [-0.39, 0.29) is 17.0 Å². The first-order valence-corrected chi connectivity index (χ1v) is 6.30. The van der Waals surface area contributed by atoms with E-state index in [1.807, 2.05) is 6.92 Å². The average Bonchev–Trinajstić information content (AvgIpc) is 2.28. The summed E-state index contributed by atoms with van der Waals surface area (Å²) in [6.45, 7) is 5.58. The van der Waals surface area contributed by atoms with Crippen molar-refractivity contribution < 1.29 is 9.18 Å². The number of aryl methyl sites for hydroxylation is 1. The van der Waals surface area contributed by atoms with Gasteiger partial charge in [0.15, 0.2) is 0 Å². The molecule has 1 aromatic carbocycles. The van der Waals surface area contributed by atoms with Crippen LogP contribution in [0.5, 0.6) is 0 Å². The summed E-state index contributed by atoms with van der Waals surface area (Å²) in [7, 11) is 0. The van der Waals surface area contributed by atoms with Gasteiger partial charge in [0.2, 0.25) is 0 Å². The number of hydrogen-bond donors (Lipinski definition) is 2. The van der Waals surface area contributed by atoms with Crippen LogP contribution in [-0.4, -0.2) is 24.5 Å². The fourth-order valence-electron chi connectivity index (χ4n) is 2.25. The van der Waals surface area contributed by atoms with Crippen molar-refractivity contribution in [2.75, 3.05) is 13.1 Å². The van der Waals surface area contributed by atoms with Crippen molar-refractivity contribution in [3.63, 3.8) is 0 Å². The Kier molecular flexibility index (Phi) is 3.66. The predicted molar refractivity (Wildman–Crippen MR) is 69.1 cm³/mol. The fourth-order valence-corrected chi connectivity index (χ4v) is 2.25. The van der Waals surface area contributed by atoms with Gasteiger partial charge in [0.05, 0.1) is 5.56 Å². The van der Waals surface area contributed by atoms with E-state index in [1.54, 1.807) is 19.1 Å². The van der Waals surface area contributed by atoms with Gasteiger partial charge in [0, 0.05) is 5.54 Å². The summed E-state index contributed by atoms with van der Waals surface area (Å²) in [4.78, 5) is 12.1. The van der Waals surface area contributed by atoms with Crippen LogP contribution >= 0.6 is 0 Å². The molecular weight excluding hydrogens is 231 g/mol. The highest BCUT2D eigenvalue weighted by atomic mass is 19.1. The minimum Gasteiger partial charge on any atom is -0.347 e. The van der Waals surface area contributed by atoms with Crippen molar-refractivity contribution in [3.8, 4) is 0 Å². The zero-order chi connectivity index (χ0) is 13.2. The lowest BCUT2D eigenvalue weighted by molar-refractivity contribution is 0.0883. The number of halogens is 1. The second kappa shape index (κ2) is 5.06. The average molecular weight is 250 g/mol. The maximum absolute atomic E-state index is 13.7. The molecule has 1 aliphatic heterocycles. The van der Waals surface area contributed by atoms with E-state index in [9.17, 15) is 9.18 Å². The molecule has 2 N–H and O–H groups in total. The SMILES string of the molecule is Cc1ccc(C(=O)NC2(C)CCNCC2)c(F)c1. The number of piperidine rings is 1. The molecule has 0 aromatic heterocycles. The molecule has 1 amide bonds. The predicted octanol–water partition coefficient (Wildman–Crippen LogP) is 2.01. The quantitative estimate of drug-likeness (QED) is 0.843. The highest BCUT2D eigenvalue weighted by Gasteiger charge is 2.29. The summed E-state index contributed by atoms with van der Waals surface area (Å²) in [5.74, 6) is -0.776. The lowest BCUT2D eigenvalue weighted by atomic mass is 9.90. The van der Waals surface area contributed by atoms with Crippen molar-refractivity contribution in [1.29, 1.82) is 0 Å². The maximum atomic E-state index is 13.7. The minimum absolute atomic E-state index is 0.125. The Bertz CT molecular complexity index is 453. The molecule has 2 rings (SSSR count). The van der Waals surface area contributed by atoms with Crippen LogP contribution < -0.4 is 10.6 Å². The van der Waals surface area contributed by atoms with Crippen LogP contribution in [0.1, 0.15) is 35.7 Å². The van der Waals surface area contributed by atoms with Crippen molar-refractivity contribution in [2.45, 2.75) is 32.2 Å². The van der Waals surface area contributed by atoms with Crippen LogP contribution in [0.4, 0.5) is 4.39 Å². The standard InChI is InChI=1S/C14H19FN2O/c1-10-3-4-11(12(15)9-10)13(18)17-14(2)5-7-16-8-6-14/h3-4,9,16H,5-8H2,1-2H3,(H,17,18). The zero-order valence-electron chi connectivity index (χ0n) is 10.8. The number of hydrogen-bond acceptors (Lipinski definition) is 2. The molecule has 0 atom stereocenters. The molecule has 0 aliphatic carbocycles. The van der Waals surface area contributed by atoms with Gasteiger partial charge in [-0.25, -0.2) is 4.39 Å². The third kappa shape index (κ3) is 2.88. The van der Waals surface area contributed by atoms with E-state index in [0.29, 0.717) is 0 Å². The molecule has 1 fully saturated rings. The molecule has 1 saturated heterocycles. The summed E-state index contributed by atoms with van der Waals surface area (Å²) in [6, 6.07) is 4.69. The number of carbonyl (C=O) groups is 1. The van der Waals surface area contributed by atoms with Gasteiger partial charge in [-0.1, -0.05) is 6.07 Å². The van der Waals surface area contributed by atoms with Gasteiger partial charge < -0.3 is 10.6 Å². The molecule has 0 spiro atoms. The van der Waals surface area contributed by atoms with Crippen LogP contribution in [0.25, 0.3) is 0 Å². The van der Waals surface area contributed by atoms with Crippen molar-refractivity contribution in [3.05, 3.63) is 35.1 Å². The number of carbonyl (C=O) groups excluding carboxylic acids is 1. The Labute approximate surface area is 107 Å². The summed E-state index contributed by atoms with van der Waals surface area (Å²) in [5, 5.41) is 6.20. The summed E-state index contributed by atoms with van der Waals surface area (Å²) >= 11 is 0. The van der Waals surface area contributed by atoms with Crippen LogP contribution in [0, 0.1) is 12.7 Å². The summed E-state index contributed by atoms with van der Waals surface area (Å²) in [6.07, 6.45) is 1.73. The Morgan fingerprint density at radius 2 is 2.06 bits per heavy atom. The third-order valence-electron chi connectivity index (χ3n) is 3.49. The molecule has 0 saturated carbocycles. The number of amides is 1. The van der Waals surface area contributed by atoms with E-state index in [2.05, 4.69) is 10.6 Å². The van der Waals surface area contributed by atoms with Gasteiger partial charge >= 0.3 is 0 Å². The van der Waals surface area contributed by atoms with Crippen molar-refractivity contribution in [2.24, 2.45) is 0 Å². The van der Waals surface area contributed by atoms with Crippen LogP contribution in [-0.2, 0) is 0 Å². The van der Waals surface area contributed by atoms with E-state index in [4.69, 9.17) is 0 Å². The second-order valence-electron chi connectivity index (χ2n) is 5.25. The minimum atomic E-state index is -0.454. The van der Waals surface area contributed by atoms with Gasteiger partial charge in [0.1, 0.15) is 5.82 Å². The second-order valence-corrected chi connectivity index (χ2v) is 5.25. The van der Waals surface area contributed by atoms with E-state index in [1.165, 1.54) is 6.07 Å². The molecular formula is C14H19FN2O. The van der Waals surface area contributed by atoms with Crippen LogP contribution in [0.3, 0.4) is 0 Å². The Hall–Kier alpha value is -1.42. The van der Waals surface area contributed by atoms with Crippen molar-refractivity contribution in [1.82, 2.24) is 10.6 Å². The number of nitrogens with one attached hydrogen (secondary N) is 2. The Balaban J connectivity index is 2.11. The summed E-state index contributed by atoms with van der Waals surface area (Å²) < 4.78 is 13.7. The molecule has 1 aliphatic rings. The molecule has 3 nitrogen and oxygen atoms in total. The number of rotatable bonds is 2. The van der Waals surface area contributed by atoms with E-state index < -0.39 is 5.82 Å². The van der Waals surface area contributed by atoms with Gasteiger partial charge in [-0.3, -0.25) is 4.79 Å². The monoisotopic (exact) mass is 250 g/mol. The van der Waals surface area contributed by atoms with Gasteiger partial charge in [-0.2, -0.15) is 0 Å². The molecule has 1 aromatic rings. The molecule has 0 radical (unpaired) electrons. The first-order valence-electron chi connectivity index (χ1n) is 6.30. The first kappa shape index (κ1) is 13.0. The zero-order valence-corrected chi connectivity index (χ0v) is 10.8. The van der Waals surface area contributed by atoms with Gasteiger partial charge in [-0.15, -0.1) is 0 Å². The van der Waals surface area contributed by atoms with Crippen LogP contribution in [0.15, 0.2) is 18.2 Å². The lowest BCUT2D eigenvalue weighted by Gasteiger charge is -2.35. The lowest BCUT2D eigenvalue weighted by Crippen LogP contribution is -2.52. The van der Waals surface area contributed by atoms with E-state index in [0.717, 1.165) is 31.5 Å². The summed E-state index contributed by atoms with van der Waals surface area (Å²) in [5.41, 5.74) is 0.706. The Morgan fingerprint density at radius 1 is 1.39 bits per heavy atom. The Morgan fingerprint density at radius 3 is 2.67 bits per heavy atom. The highest BCUT2D eigenvalue weighted by Crippen LogP contribution is 2.19. The molecule has 0 bridgehead atoms. The highest BCUT2D eigenvalue weighted by molar-refractivity contribution is 5.95. The fraction of sp³-hybridized carbons (Fsp3) is 0.500. The first-order chi connectivity index (χ1) is 8.50. The third-order valence-corrected chi connectivity index (χ3v) is 3.49. The van der Waals surface area contributed by atoms with E-state index >= 15 is 0 Å². The smallest absolute Gasteiger partial charge is 0.254 e. The number of benzene rings is 1. The van der Waals surface area contributed by atoms with Crippen molar-refractivity contribution >= 4 is 5.91 Å². The molecule has 1 heterocycles. The maximum Gasteiger partial charge on any atom is 0.254 e. The molecule has 4 heteroatoms. The van der Waals surface area contributed by atoms with Gasteiger partial charge in [0.25, 0.3) is 5.91 Å². The van der Waals surface area contributed by atoms with Gasteiger partial charge in [-0.05, 0) is 57.5 Å². The largest absolute Gasteiger partial charge is 0.347 e.